The maximum Gasteiger partial charge on any atom is 0.309 e. The minimum absolute atomic E-state index is 0.172. The zero-order valence-electron chi connectivity index (χ0n) is 8.47. The quantitative estimate of drug-likeness (QED) is 0.930. The second-order valence-corrected chi connectivity index (χ2v) is 4.23. The first-order valence-corrected chi connectivity index (χ1v) is 5.39. The number of aromatic nitrogens is 3. The topological polar surface area (TPSA) is 68.0 Å². The summed E-state index contributed by atoms with van der Waals surface area (Å²) in [6.45, 7) is 0. The molecular formula is C10H7Cl2N3O2. The Labute approximate surface area is 107 Å². The number of rotatable bonds is 3. The standard InChI is InChI=1S/C10H7Cl2N3O2/c11-6-1-7(12)3-9(2-6)15-5-8(13-14-15)4-10(16)17/h1-3,5H,4H2,(H,16,17). The van der Waals surface area contributed by atoms with Gasteiger partial charge in [-0.15, -0.1) is 5.10 Å². The molecule has 0 fully saturated rings. The first-order chi connectivity index (χ1) is 8.04. The molecule has 1 heterocycles. The molecule has 0 aliphatic rings. The molecule has 0 saturated heterocycles. The van der Waals surface area contributed by atoms with E-state index in [0.29, 0.717) is 21.4 Å². The van der Waals surface area contributed by atoms with E-state index in [-0.39, 0.29) is 6.42 Å². The predicted octanol–water partition coefficient (Wildman–Crippen LogP) is 2.20. The lowest BCUT2D eigenvalue weighted by atomic mass is 10.3. The second-order valence-electron chi connectivity index (χ2n) is 3.35. The highest BCUT2D eigenvalue weighted by Crippen LogP contribution is 2.21. The van der Waals surface area contributed by atoms with E-state index in [4.69, 9.17) is 28.3 Å². The van der Waals surface area contributed by atoms with Gasteiger partial charge in [-0.05, 0) is 18.2 Å². The number of hydrogen-bond acceptors (Lipinski definition) is 3. The van der Waals surface area contributed by atoms with E-state index in [1.165, 1.54) is 10.9 Å². The Morgan fingerprint density at radius 1 is 1.29 bits per heavy atom. The molecule has 0 atom stereocenters. The highest BCUT2D eigenvalue weighted by Gasteiger charge is 2.07. The zero-order valence-corrected chi connectivity index (χ0v) is 9.98. The Bertz CT molecular complexity index is 548. The summed E-state index contributed by atoms with van der Waals surface area (Å²) in [4.78, 5) is 10.5. The van der Waals surface area contributed by atoms with E-state index in [1.807, 2.05) is 0 Å². The van der Waals surface area contributed by atoms with Gasteiger partial charge in [0.15, 0.2) is 0 Å². The van der Waals surface area contributed by atoms with Crippen LogP contribution in [-0.2, 0) is 11.2 Å². The van der Waals surface area contributed by atoms with E-state index in [0.717, 1.165) is 0 Å². The summed E-state index contributed by atoms with van der Waals surface area (Å²) in [6.07, 6.45) is 1.35. The lowest BCUT2D eigenvalue weighted by Crippen LogP contribution is -1.99. The number of halogens is 2. The van der Waals surface area contributed by atoms with E-state index >= 15 is 0 Å². The van der Waals surface area contributed by atoms with Crippen LogP contribution in [0.25, 0.3) is 5.69 Å². The van der Waals surface area contributed by atoms with Crippen LogP contribution < -0.4 is 0 Å². The summed E-state index contributed by atoms with van der Waals surface area (Å²) in [5.41, 5.74) is 1.00. The molecule has 0 aliphatic heterocycles. The Morgan fingerprint density at radius 3 is 2.53 bits per heavy atom. The van der Waals surface area contributed by atoms with Gasteiger partial charge in [0, 0.05) is 10.0 Å². The van der Waals surface area contributed by atoms with Gasteiger partial charge in [-0.25, -0.2) is 4.68 Å². The molecular weight excluding hydrogens is 265 g/mol. The molecule has 1 aromatic carbocycles. The van der Waals surface area contributed by atoms with E-state index in [2.05, 4.69) is 10.3 Å². The van der Waals surface area contributed by atoms with Crippen LogP contribution in [-0.4, -0.2) is 26.1 Å². The highest BCUT2D eigenvalue weighted by molar-refractivity contribution is 6.34. The second kappa shape index (κ2) is 4.73. The van der Waals surface area contributed by atoms with Gasteiger partial charge >= 0.3 is 5.97 Å². The first-order valence-electron chi connectivity index (χ1n) is 4.64. The van der Waals surface area contributed by atoms with Gasteiger partial charge in [0.25, 0.3) is 0 Å². The predicted molar refractivity (Wildman–Crippen MR) is 62.7 cm³/mol. The molecule has 0 bridgehead atoms. The van der Waals surface area contributed by atoms with Crippen LogP contribution >= 0.6 is 23.2 Å². The van der Waals surface area contributed by atoms with Crippen LogP contribution in [0.15, 0.2) is 24.4 Å². The lowest BCUT2D eigenvalue weighted by molar-refractivity contribution is -0.136. The lowest BCUT2D eigenvalue weighted by Gasteiger charge is -2.01. The molecule has 1 N–H and O–H groups in total. The summed E-state index contributed by atoms with van der Waals surface area (Å²) in [5.74, 6) is -0.957. The molecule has 2 rings (SSSR count). The molecule has 88 valence electrons. The Kier molecular flexibility index (Phi) is 3.31. The third-order valence-corrected chi connectivity index (χ3v) is 2.42. The normalized spacial score (nSPS) is 10.5. The summed E-state index contributed by atoms with van der Waals surface area (Å²) >= 11 is 11.7. The van der Waals surface area contributed by atoms with Crippen molar-refractivity contribution < 1.29 is 9.90 Å². The number of nitrogens with zero attached hydrogens (tertiary/aromatic N) is 3. The van der Waals surface area contributed by atoms with Crippen molar-refractivity contribution in [2.24, 2.45) is 0 Å². The van der Waals surface area contributed by atoms with E-state index in [1.54, 1.807) is 18.2 Å². The number of hydrogen-bond donors (Lipinski definition) is 1. The van der Waals surface area contributed by atoms with Gasteiger partial charge in [-0.2, -0.15) is 0 Å². The maximum absolute atomic E-state index is 10.5. The average Bonchev–Trinajstić information content (AvgIpc) is 2.63. The molecule has 1 aromatic heterocycles. The fourth-order valence-corrected chi connectivity index (χ4v) is 1.85. The summed E-state index contributed by atoms with van der Waals surface area (Å²) in [7, 11) is 0. The van der Waals surface area contributed by atoms with Crippen molar-refractivity contribution in [2.45, 2.75) is 6.42 Å². The molecule has 0 radical (unpaired) electrons. The molecule has 0 amide bonds. The van der Waals surface area contributed by atoms with Crippen molar-refractivity contribution in [3.8, 4) is 5.69 Å². The van der Waals surface area contributed by atoms with E-state index in [9.17, 15) is 4.79 Å². The number of carboxylic acid groups (broad SMARTS) is 1. The van der Waals surface area contributed by atoms with Crippen LogP contribution in [0.5, 0.6) is 0 Å². The number of benzene rings is 1. The van der Waals surface area contributed by atoms with Gasteiger partial charge in [0.2, 0.25) is 0 Å². The first kappa shape index (κ1) is 11.9. The van der Waals surface area contributed by atoms with Crippen molar-refractivity contribution in [1.29, 1.82) is 0 Å². The van der Waals surface area contributed by atoms with Gasteiger partial charge in [0.1, 0.15) is 0 Å². The van der Waals surface area contributed by atoms with Crippen LogP contribution in [0.1, 0.15) is 5.69 Å². The zero-order chi connectivity index (χ0) is 12.4. The average molecular weight is 272 g/mol. The molecule has 7 heteroatoms. The van der Waals surface area contributed by atoms with Crippen molar-refractivity contribution >= 4 is 29.2 Å². The Balaban J connectivity index is 2.33. The maximum atomic E-state index is 10.5. The van der Waals surface area contributed by atoms with Crippen LogP contribution in [0, 0.1) is 0 Å². The third-order valence-electron chi connectivity index (χ3n) is 1.99. The van der Waals surface area contributed by atoms with Gasteiger partial charge < -0.3 is 5.11 Å². The van der Waals surface area contributed by atoms with Crippen LogP contribution in [0.4, 0.5) is 0 Å². The minimum Gasteiger partial charge on any atom is -0.481 e. The molecule has 2 aromatic rings. The largest absolute Gasteiger partial charge is 0.481 e. The van der Waals surface area contributed by atoms with Crippen LogP contribution in [0.3, 0.4) is 0 Å². The molecule has 0 unspecified atom stereocenters. The Morgan fingerprint density at radius 2 is 1.94 bits per heavy atom. The van der Waals surface area contributed by atoms with E-state index < -0.39 is 5.97 Å². The van der Waals surface area contributed by atoms with Crippen LogP contribution in [0.2, 0.25) is 10.0 Å². The van der Waals surface area contributed by atoms with Crippen molar-refractivity contribution in [3.63, 3.8) is 0 Å². The fourth-order valence-electron chi connectivity index (χ4n) is 1.33. The Hall–Kier alpha value is -1.59. The smallest absolute Gasteiger partial charge is 0.309 e. The summed E-state index contributed by atoms with van der Waals surface area (Å²) in [5, 5.41) is 17.1. The van der Waals surface area contributed by atoms with Crippen molar-refractivity contribution in [3.05, 3.63) is 40.1 Å². The molecule has 17 heavy (non-hydrogen) atoms. The number of aliphatic carboxylic acids is 1. The molecule has 0 spiro atoms. The monoisotopic (exact) mass is 271 g/mol. The summed E-state index contributed by atoms with van der Waals surface area (Å²) in [6, 6.07) is 4.92. The third kappa shape index (κ3) is 2.95. The van der Waals surface area contributed by atoms with Crippen molar-refractivity contribution in [2.75, 3.05) is 0 Å². The number of carbonyl (C=O) groups is 1. The van der Waals surface area contributed by atoms with Gasteiger partial charge in [0.05, 0.1) is 24.0 Å². The molecule has 5 nitrogen and oxygen atoms in total. The number of carboxylic acids is 1. The van der Waals surface area contributed by atoms with Gasteiger partial charge in [-0.3, -0.25) is 4.79 Å². The molecule has 0 aliphatic carbocycles. The summed E-state index contributed by atoms with van der Waals surface area (Å²) < 4.78 is 1.43. The minimum atomic E-state index is -0.957. The van der Waals surface area contributed by atoms with Gasteiger partial charge in [-0.1, -0.05) is 28.4 Å². The highest BCUT2D eigenvalue weighted by atomic mass is 35.5. The van der Waals surface area contributed by atoms with Crippen molar-refractivity contribution in [1.82, 2.24) is 15.0 Å². The molecule has 0 saturated carbocycles. The SMILES string of the molecule is O=C(O)Cc1cn(-c2cc(Cl)cc(Cl)c2)nn1. The fraction of sp³-hybridized carbons (Fsp3) is 0.100.